The topological polar surface area (TPSA) is 75.8 Å². The Kier molecular flexibility index (Phi) is 5.50. The molecule has 2 aromatic rings. The average molecular weight is 410 g/mol. The van der Waals surface area contributed by atoms with Crippen LogP contribution in [0.25, 0.3) is 0 Å². The first-order valence-corrected chi connectivity index (χ1v) is 9.35. The van der Waals surface area contributed by atoms with Gasteiger partial charge in [0.1, 0.15) is 0 Å². The molecule has 0 bridgehead atoms. The number of carbonyl (C=O) groups excluding carboxylic acids is 1. The molecule has 0 saturated heterocycles. The second kappa shape index (κ2) is 7.65. The van der Waals surface area contributed by atoms with Gasteiger partial charge in [0.15, 0.2) is 5.17 Å². The minimum Gasteiger partial charge on any atom is -0.268 e. The summed E-state index contributed by atoms with van der Waals surface area (Å²) in [6.07, 6.45) is 0. The molecular weight excluding hydrogens is 397 g/mol. The molecule has 1 heterocycles. The van der Waals surface area contributed by atoms with Crippen LogP contribution in [0.4, 0.5) is 11.4 Å². The molecule has 0 fully saturated rings. The number of non-ortho nitro benzene ring substituents is 1. The van der Waals surface area contributed by atoms with Gasteiger partial charge in [-0.2, -0.15) is 0 Å². The fraction of sp³-hybridized carbons (Fsp3) is 0.176. The predicted octanol–water partition coefficient (Wildman–Crippen LogP) is 5.04. The number of thioether (sulfide) groups is 1. The van der Waals surface area contributed by atoms with Crippen molar-refractivity contribution in [3.05, 3.63) is 68.2 Å². The van der Waals surface area contributed by atoms with Crippen molar-refractivity contribution in [2.45, 2.75) is 13.0 Å². The summed E-state index contributed by atoms with van der Waals surface area (Å²) < 4.78 is 0. The first-order valence-electron chi connectivity index (χ1n) is 7.61. The van der Waals surface area contributed by atoms with E-state index in [2.05, 4.69) is 4.99 Å². The maximum atomic E-state index is 13.2. The summed E-state index contributed by atoms with van der Waals surface area (Å²) in [7, 11) is 0. The number of carbonyl (C=O) groups is 1. The van der Waals surface area contributed by atoms with E-state index in [1.807, 2.05) is 6.92 Å². The molecule has 0 radical (unpaired) electrons. The summed E-state index contributed by atoms with van der Waals surface area (Å²) in [4.78, 5) is 29.5. The zero-order chi connectivity index (χ0) is 18.8. The summed E-state index contributed by atoms with van der Waals surface area (Å²) in [6, 6.07) is 10.7. The molecule has 0 saturated carbocycles. The zero-order valence-electron chi connectivity index (χ0n) is 13.6. The fourth-order valence-corrected chi connectivity index (χ4v) is 3.82. The molecule has 1 aliphatic heterocycles. The first-order chi connectivity index (χ1) is 12.4. The lowest BCUT2D eigenvalue weighted by Crippen LogP contribution is -2.34. The van der Waals surface area contributed by atoms with Crippen molar-refractivity contribution < 1.29 is 9.72 Å². The molecule has 2 aromatic carbocycles. The van der Waals surface area contributed by atoms with Crippen LogP contribution in [0.1, 0.15) is 17.3 Å². The molecule has 1 amide bonds. The lowest BCUT2D eigenvalue weighted by Gasteiger charge is -2.22. The summed E-state index contributed by atoms with van der Waals surface area (Å²) in [5.74, 6) is 0.355. The number of halogens is 2. The molecule has 26 heavy (non-hydrogen) atoms. The number of amidine groups is 1. The van der Waals surface area contributed by atoms with Gasteiger partial charge >= 0.3 is 0 Å². The highest BCUT2D eigenvalue weighted by Crippen LogP contribution is 2.31. The number of hydrogen-bond acceptors (Lipinski definition) is 5. The highest BCUT2D eigenvalue weighted by Gasteiger charge is 2.29. The van der Waals surface area contributed by atoms with Crippen LogP contribution in [0.15, 0.2) is 47.5 Å². The van der Waals surface area contributed by atoms with E-state index in [-0.39, 0.29) is 22.3 Å². The van der Waals surface area contributed by atoms with E-state index >= 15 is 0 Å². The Labute approximate surface area is 164 Å². The number of nitrogens with zero attached hydrogens (tertiary/aromatic N) is 3. The van der Waals surface area contributed by atoms with Gasteiger partial charge < -0.3 is 0 Å². The zero-order valence-corrected chi connectivity index (χ0v) is 15.9. The Hall–Kier alpha value is -2.09. The van der Waals surface area contributed by atoms with Crippen molar-refractivity contribution in [1.82, 2.24) is 0 Å². The van der Waals surface area contributed by atoms with Crippen molar-refractivity contribution in [3.63, 3.8) is 0 Å². The highest BCUT2D eigenvalue weighted by molar-refractivity contribution is 8.14. The molecule has 0 N–H and O–H groups in total. The van der Waals surface area contributed by atoms with Gasteiger partial charge in [0.2, 0.25) is 0 Å². The third-order valence-corrected chi connectivity index (χ3v) is 5.42. The maximum absolute atomic E-state index is 13.2. The second-order valence-electron chi connectivity index (χ2n) is 5.61. The number of aliphatic imine (C=N–C) groups is 1. The maximum Gasteiger partial charge on any atom is 0.270 e. The number of nitro groups is 1. The SMILES string of the molecule is C[C@@H]1CSC(N(C(=O)c2ccc([N+](=O)[O-])cc2Cl)c2ccc(Cl)cc2)=N1. The van der Waals surface area contributed by atoms with E-state index in [0.717, 1.165) is 5.75 Å². The number of nitro benzene ring substituents is 1. The summed E-state index contributed by atoms with van der Waals surface area (Å²) in [6.45, 7) is 1.96. The lowest BCUT2D eigenvalue weighted by atomic mass is 10.1. The normalized spacial score (nSPS) is 16.3. The first kappa shape index (κ1) is 18.7. The van der Waals surface area contributed by atoms with E-state index in [4.69, 9.17) is 23.2 Å². The molecule has 3 rings (SSSR count). The fourth-order valence-electron chi connectivity index (χ4n) is 2.40. The minimum absolute atomic E-state index is 0.0137. The number of anilines is 1. The Morgan fingerprint density at radius 1 is 1.27 bits per heavy atom. The van der Waals surface area contributed by atoms with Crippen molar-refractivity contribution in [2.75, 3.05) is 10.7 Å². The van der Waals surface area contributed by atoms with Crippen LogP contribution in [0.2, 0.25) is 10.0 Å². The third-order valence-electron chi connectivity index (χ3n) is 3.66. The quantitative estimate of drug-likeness (QED) is 0.525. The van der Waals surface area contributed by atoms with Crippen LogP contribution < -0.4 is 4.90 Å². The third kappa shape index (κ3) is 3.85. The molecule has 9 heteroatoms. The Morgan fingerprint density at radius 2 is 1.96 bits per heavy atom. The van der Waals surface area contributed by atoms with E-state index in [1.54, 1.807) is 24.3 Å². The van der Waals surface area contributed by atoms with E-state index in [9.17, 15) is 14.9 Å². The van der Waals surface area contributed by atoms with Crippen LogP contribution in [0.3, 0.4) is 0 Å². The molecule has 0 aliphatic carbocycles. The van der Waals surface area contributed by atoms with E-state index in [0.29, 0.717) is 15.9 Å². The Bertz CT molecular complexity index is 903. The molecule has 134 valence electrons. The summed E-state index contributed by atoms with van der Waals surface area (Å²) >= 11 is 13.6. The van der Waals surface area contributed by atoms with Crippen molar-refractivity contribution in [1.29, 1.82) is 0 Å². The number of benzene rings is 2. The van der Waals surface area contributed by atoms with Gasteiger partial charge in [-0.15, -0.1) is 0 Å². The van der Waals surface area contributed by atoms with Crippen molar-refractivity contribution >= 4 is 57.4 Å². The molecule has 0 spiro atoms. The van der Waals surface area contributed by atoms with Crippen LogP contribution in [0.5, 0.6) is 0 Å². The summed E-state index contributed by atoms with van der Waals surface area (Å²) in [5.41, 5.74) is 0.579. The molecule has 6 nitrogen and oxygen atoms in total. The van der Waals surface area contributed by atoms with Gasteiger partial charge in [-0.25, -0.2) is 0 Å². The smallest absolute Gasteiger partial charge is 0.268 e. The van der Waals surface area contributed by atoms with Crippen molar-refractivity contribution in [2.24, 2.45) is 4.99 Å². The lowest BCUT2D eigenvalue weighted by molar-refractivity contribution is -0.384. The monoisotopic (exact) mass is 409 g/mol. The number of hydrogen-bond donors (Lipinski definition) is 0. The number of rotatable bonds is 3. The van der Waals surface area contributed by atoms with E-state index in [1.165, 1.54) is 34.9 Å². The minimum atomic E-state index is -0.560. The van der Waals surface area contributed by atoms with Crippen LogP contribution in [-0.4, -0.2) is 27.8 Å². The van der Waals surface area contributed by atoms with Gasteiger partial charge in [0, 0.05) is 22.9 Å². The van der Waals surface area contributed by atoms with Crippen LogP contribution in [-0.2, 0) is 0 Å². The highest BCUT2D eigenvalue weighted by atomic mass is 35.5. The Morgan fingerprint density at radius 3 is 2.50 bits per heavy atom. The molecule has 0 unspecified atom stereocenters. The van der Waals surface area contributed by atoms with Gasteiger partial charge in [-0.3, -0.25) is 24.8 Å². The second-order valence-corrected chi connectivity index (χ2v) is 7.44. The van der Waals surface area contributed by atoms with Gasteiger partial charge in [0.25, 0.3) is 11.6 Å². The average Bonchev–Trinajstić information content (AvgIpc) is 3.02. The van der Waals surface area contributed by atoms with E-state index < -0.39 is 10.8 Å². The molecule has 1 atom stereocenters. The molecular formula is C17H13Cl2N3O3S. The summed E-state index contributed by atoms with van der Waals surface area (Å²) in [5, 5.41) is 12.0. The van der Waals surface area contributed by atoms with Crippen molar-refractivity contribution in [3.8, 4) is 0 Å². The molecule has 1 aliphatic rings. The Balaban J connectivity index is 2.04. The molecule has 0 aromatic heterocycles. The van der Waals surface area contributed by atoms with Crippen LogP contribution in [0, 0.1) is 10.1 Å². The largest absolute Gasteiger partial charge is 0.270 e. The van der Waals surface area contributed by atoms with Gasteiger partial charge in [-0.1, -0.05) is 35.0 Å². The van der Waals surface area contributed by atoms with Gasteiger partial charge in [0.05, 0.1) is 27.2 Å². The number of amides is 1. The van der Waals surface area contributed by atoms with Gasteiger partial charge in [-0.05, 0) is 37.3 Å². The standard InChI is InChI=1S/C17H13Cl2N3O3S/c1-10-9-26-17(20-10)21(12-4-2-11(18)3-5-12)16(23)14-7-6-13(22(24)25)8-15(14)19/h2-8,10H,9H2,1H3/t10-/m1/s1. The van der Waals surface area contributed by atoms with Crippen LogP contribution >= 0.6 is 35.0 Å². The predicted molar refractivity (Wildman–Crippen MR) is 106 cm³/mol.